The Balaban J connectivity index is 1.40. The van der Waals surface area contributed by atoms with Gasteiger partial charge in [0.05, 0.1) is 0 Å². The standard InChI is InChI=1S/C17H20ClNO3/c18-14-2-1-3-15(9-14)19-16(20)10-22-17(21)8-13-7-11-4-5-12(13)6-11/h1-3,9,11-13H,4-8,10H2,(H,19,20)/t11-,12+,13+/m0/s1. The van der Waals surface area contributed by atoms with Gasteiger partial charge in [-0.05, 0) is 55.2 Å². The molecule has 1 amide bonds. The number of rotatable bonds is 5. The first-order valence-electron chi connectivity index (χ1n) is 7.81. The zero-order valence-corrected chi connectivity index (χ0v) is 13.1. The highest BCUT2D eigenvalue weighted by molar-refractivity contribution is 6.30. The molecule has 0 saturated heterocycles. The molecule has 0 heterocycles. The van der Waals surface area contributed by atoms with Gasteiger partial charge < -0.3 is 10.1 Å². The van der Waals surface area contributed by atoms with Gasteiger partial charge in [-0.15, -0.1) is 0 Å². The molecule has 2 aliphatic carbocycles. The van der Waals surface area contributed by atoms with Gasteiger partial charge in [-0.25, -0.2) is 0 Å². The summed E-state index contributed by atoms with van der Waals surface area (Å²) in [5, 5.41) is 3.21. The molecule has 2 aliphatic rings. The van der Waals surface area contributed by atoms with Crippen molar-refractivity contribution in [3.05, 3.63) is 29.3 Å². The smallest absolute Gasteiger partial charge is 0.306 e. The Hall–Kier alpha value is -1.55. The summed E-state index contributed by atoms with van der Waals surface area (Å²) in [7, 11) is 0. The predicted octanol–water partition coefficient (Wildman–Crippen LogP) is 3.65. The molecule has 2 bridgehead atoms. The quantitative estimate of drug-likeness (QED) is 0.842. The SMILES string of the molecule is O=C(COC(=O)C[C@H]1C[C@H]2CC[C@@H]1C2)Nc1cccc(Cl)c1. The van der Waals surface area contributed by atoms with Crippen LogP contribution in [0.15, 0.2) is 24.3 Å². The summed E-state index contributed by atoms with van der Waals surface area (Å²) in [5.41, 5.74) is 0.599. The fourth-order valence-corrected chi connectivity index (χ4v) is 4.00. The number of ether oxygens (including phenoxy) is 1. The van der Waals surface area contributed by atoms with Crippen LogP contribution < -0.4 is 5.32 Å². The number of nitrogens with one attached hydrogen (secondary N) is 1. The predicted molar refractivity (Wildman–Crippen MR) is 84.6 cm³/mol. The van der Waals surface area contributed by atoms with Crippen molar-refractivity contribution in [2.75, 3.05) is 11.9 Å². The maximum Gasteiger partial charge on any atom is 0.306 e. The van der Waals surface area contributed by atoms with Crippen LogP contribution in [0.25, 0.3) is 0 Å². The molecular formula is C17H20ClNO3. The van der Waals surface area contributed by atoms with E-state index in [4.69, 9.17) is 16.3 Å². The lowest BCUT2D eigenvalue weighted by Gasteiger charge is -2.20. The van der Waals surface area contributed by atoms with Crippen LogP contribution in [0.3, 0.4) is 0 Å². The van der Waals surface area contributed by atoms with Crippen LogP contribution in [0.5, 0.6) is 0 Å². The molecule has 1 aromatic rings. The van der Waals surface area contributed by atoms with Crippen molar-refractivity contribution >= 4 is 29.2 Å². The van der Waals surface area contributed by atoms with E-state index in [1.54, 1.807) is 24.3 Å². The van der Waals surface area contributed by atoms with Crippen LogP contribution in [0, 0.1) is 17.8 Å². The van der Waals surface area contributed by atoms with E-state index in [0.717, 1.165) is 12.3 Å². The second-order valence-electron chi connectivity index (χ2n) is 6.36. The Morgan fingerprint density at radius 3 is 2.82 bits per heavy atom. The molecule has 0 aromatic heterocycles. The Morgan fingerprint density at radius 1 is 1.27 bits per heavy atom. The minimum absolute atomic E-state index is 0.244. The Labute approximate surface area is 135 Å². The summed E-state index contributed by atoms with van der Waals surface area (Å²) in [4.78, 5) is 23.6. The molecule has 22 heavy (non-hydrogen) atoms. The van der Waals surface area contributed by atoms with Crippen LogP contribution >= 0.6 is 11.6 Å². The summed E-state index contributed by atoms with van der Waals surface area (Å²) in [6.45, 7) is -0.244. The van der Waals surface area contributed by atoms with E-state index in [9.17, 15) is 9.59 Å². The van der Waals surface area contributed by atoms with Crippen molar-refractivity contribution in [1.29, 1.82) is 0 Å². The van der Waals surface area contributed by atoms with Crippen molar-refractivity contribution in [1.82, 2.24) is 0 Å². The van der Waals surface area contributed by atoms with Gasteiger partial charge >= 0.3 is 5.97 Å². The monoisotopic (exact) mass is 321 g/mol. The molecule has 0 spiro atoms. The maximum atomic E-state index is 11.9. The third-order valence-electron chi connectivity index (χ3n) is 4.79. The van der Waals surface area contributed by atoms with Gasteiger partial charge in [-0.3, -0.25) is 9.59 Å². The molecular weight excluding hydrogens is 302 g/mol. The Bertz CT molecular complexity index is 575. The van der Waals surface area contributed by atoms with Gasteiger partial charge in [0, 0.05) is 17.1 Å². The molecule has 0 unspecified atom stereocenters. The van der Waals surface area contributed by atoms with Crippen LogP contribution in [-0.2, 0) is 14.3 Å². The maximum absolute atomic E-state index is 11.9. The van der Waals surface area contributed by atoms with Crippen molar-refractivity contribution in [2.24, 2.45) is 17.8 Å². The fourth-order valence-electron chi connectivity index (χ4n) is 3.81. The lowest BCUT2D eigenvalue weighted by atomic mass is 9.86. The molecule has 118 valence electrons. The summed E-state index contributed by atoms with van der Waals surface area (Å²) in [6, 6.07) is 6.86. The molecule has 0 aliphatic heterocycles. The van der Waals surface area contributed by atoms with Crippen LogP contribution in [0.4, 0.5) is 5.69 Å². The number of amides is 1. The van der Waals surface area contributed by atoms with Crippen molar-refractivity contribution in [2.45, 2.75) is 32.1 Å². The lowest BCUT2D eigenvalue weighted by Crippen LogP contribution is -2.23. The van der Waals surface area contributed by atoms with E-state index in [1.807, 2.05) is 0 Å². The number of hydrogen-bond donors (Lipinski definition) is 1. The number of hydrogen-bond acceptors (Lipinski definition) is 3. The van der Waals surface area contributed by atoms with Gasteiger partial charge in [0.15, 0.2) is 6.61 Å². The molecule has 3 rings (SSSR count). The number of anilines is 1. The summed E-state index contributed by atoms with van der Waals surface area (Å²) in [5.74, 6) is 1.36. The minimum atomic E-state index is -0.344. The number of carbonyl (C=O) groups excluding carboxylic acids is 2. The van der Waals surface area contributed by atoms with Crippen LogP contribution in [0.1, 0.15) is 32.1 Å². The van der Waals surface area contributed by atoms with Crippen molar-refractivity contribution in [3.8, 4) is 0 Å². The van der Waals surface area contributed by atoms with E-state index in [2.05, 4.69) is 5.32 Å². The molecule has 4 nitrogen and oxygen atoms in total. The zero-order chi connectivity index (χ0) is 15.5. The van der Waals surface area contributed by atoms with Gasteiger partial charge in [0.1, 0.15) is 0 Å². The molecule has 2 saturated carbocycles. The lowest BCUT2D eigenvalue weighted by molar-refractivity contribution is -0.148. The fraction of sp³-hybridized carbons (Fsp3) is 0.529. The molecule has 2 fully saturated rings. The average Bonchev–Trinajstić information content (AvgIpc) is 3.08. The van der Waals surface area contributed by atoms with Gasteiger partial charge in [0.2, 0.25) is 0 Å². The molecule has 3 atom stereocenters. The topological polar surface area (TPSA) is 55.4 Å². The number of halogens is 1. The normalized spacial score (nSPS) is 26.0. The molecule has 5 heteroatoms. The van der Waals surface area contributed by atoms with E-state index in [-0.39, 0.29) is 18.5 Å². The van der Waals surface area contributed by atoms with Gasteiger partial charge in [-0.2, -0.15) is 0 Å². The molecule has 0 radical (unpaired) electrons. The van der Waals surface area contributed by atoms with E-state index in [1.165, 1.54) is 19.3 Å². The van der Waals surface area contributed by atoms with Crippen LogP contribution in [-0.4, -0.2) is 18.5 Å². The van der Waals surface area contributed by atoms with E-state index in [0.29, 0.717) is 29.0 Å². The number of carbonyl (C=O) groups is 2. The van der Waals surface area contributed by atoms with E-state index < -0.39 is 0 Å². The Morgan fingerprint density at radius 2 is 2.14 bits per heavy atom. The first-order chi connectivity index (χ1) is 10.6. The van der Waals surface area contributed by atoms with Gasteiger partial charge in [0.25, 0.3) is 5.91 Å². The third kappa shape index (κ3) is 3.80. The summed E-state index contributed by atoms with van der Waals surface area (Å²) >= 11 is 5.85. The van der Waals surface area contributed by atoms with E-state index >= 15 is 0 Å². The summed E-state index contributed by atoms with van der Waals surface area (Å²) in [6.07, 6.45) is 5.43. The number of esters is 1. The number of benzene rings is 1. The minimum Gasteiger partial charge on any atom is -0.456 e. The highest BCUT2D eigenvalue weighted by atomic mass is 35.5. The number of fused-ring (bicyclic) bond motifs is 2. The van der Waals surface area contributed by atoms with Crippen LogP contribution in [0.2, 0.25) is 5.02 Å². The highest BCUT2D eigenvalue weighted by Gasteiger charge is 2.40. The first kappa shape index (κ1) is 15.3. The first-order valence-corrected chi connectivity index (χ1v) is 8.19. The largest absolute Gasteiger partial charge is 0.456 e. The highest BCUT2D eigenvalue weighted by Crippen LogP contribution is 2.49. The van der Waals surface area contributed by atoms with Gasteiger partial charge in [-0.1, -0.05) is 24.1 Å². The zero-order valence-electron chi connectivity index (χ0n) is 12.4. The van der Waals surface area contributed by atoms with Crippen molar-refractivity contribution in [3.63, 3.8) is 0 Å². The Kier molecular flexibility index (Phi) is 4.67. The second kappa shape index (κ2) is 6.69. The van der Waals surface area contributed by atoms with Crippen molar-refractivity contribution < 1.29 is 14.3 Å². The molecule has 1 aromatic carbocycles. The third-order valence-corrected chi connectivity index (χ3v) is 5.02. The second-order valence-corrected chi connectivity index (χ2v) is 6.79. The summed E-state index contributed by atoms with van der Waals surface area (Å²) < 4.78 is 5.09. The average molecular weight is 322 g/mol. The molecule has 1 N–H and O–H groups in total.